The third kappa shape index (κ3) is 5.53. The van der Waals surface area contributed by atoms with Crippen molar-refractivity contribution >= 4 is 11.8 Å². The molecule has 0 N–H and O–H groups in total. The zero-order valence-electron chi connectivity index (χ0n) is 8.92. The van der Waals surface area contributed by atoms with Gasteiger partial charge in [-0.25, -0.2) is 0 Å². The van der Waals surface area contributed by atoms with Gasteiger partial charge in [-0.05, 0) is 38.7 Å². The van der Waals surface area contributed by atoms with Crippen LogP contribution >= 0.6 is 11.8 Å². The van der Waals surface area contributed by atoms with Crippen molar-refractivity contribution in [1.82, 2.24) is 0 Å². The zero-order valence-corrected chi connectivity index (χ0v) is 9.74. The Kier molecular flexibility index (Phi) is 6.43. The van der Waals surface area contributed by atoms with E-state index in [1.54, 1.807) is 11.8 Å². The third-order valence-corrected chi connectivity index (χ3v) is 2.44. The summed E-state index contributed by atoms with van der Waals surface area (Å²) in [6.07, 6.45) is 10.2. The van der Waals surface area contributed by atoms with Crippen LogP contribution in [0.1, 0.15) is 20.8 Å². The molecule has 0 atom stereocenters. The second-order valence-electron chi connectivity index (χ2n) is 3.06. The van der Waals surface area contributed by atoms with E-state index in [9.17, 15) is 0 Å². The summed E-state index contributed by atoms with van der Waals surface area (Å²) in [6, 6.07) is 0. The molecule has 0 aliphatic carbocycles. The van der Waals surface area contributed by atoms with Crippen LogP contribution in [0.4, 0.5) is 0 Å². The highest BCUT2D eigenvalue weighted by Gasteiger charge is 1.94. The average molecular weight is 194 g/mol. The van der Waals surface area contributed by atoms with Crippen LogP contribution in [-0.2, 0) is 0 Å². The van der Waals surface area contributed by atoms with E-state index in [0.717, 1.165) is 0 Å². The predicted molar refractivity (Wildman–Crippen MR) is 65.0 cm³/mol. The Hall–Kier alpha value is -0.690. The van der Waals surface area contributed by atoms with Gasteiger partial charge in [-0.2, -0.15) is 0 Å². The first-order valence-corrected chi connectivity index (χ1v) is 5.53. The molecule has 72 valence electrons. The van der Waals surface area contributed by atoms with Crippen LogP contribution < -0.4 is 0 Å². The lowest BCUT2D eigenvalue weighted by atomic mass is 10.2. The first-order chi connectivity index (χ1) is 6.11. The number of hydrogen-bond donors (Lipinski definition) is 0. The lowest BCUT2D eigenvalue weighted by Crippen LogP contribution is -1.78. The Labute approximate surface area is 86.1 Å². The van der Waals surface area contributed by atoms with Crippen molar-refractivity contribution < 1.29 is 0 Å². The smallest absolute Gasteiger partial charge is 0.00983 e. The molecule has 0 rings (SSSR count). The number of hydrogen-bond acceptors (Lipinski definition) is 1. The Morgan fingerprint density at radius 2 is 1.69 bits per heavy atom. The van der Waals surface area contributed by atoms with E-state index in [1.165, 1.54) is 16.1 Å². The minimum Gasteiger partial charge on any atom is -0.129 e. The topological polar surface area (TPSA) is 0 Å². The maximum atomic E-state index is 3.68. The van der Waals surface area contributed by atoms with Crippen LogP contribution in [0, 0.1) is 0 Å². The van der Waals surface area contributed by atoms with Crippen molar-refractivity contribution in [2.45, 2.75) is 20.8 Å². The van der Waals surface area contributed by atoms with E-state index in [0.29, 0.717) is 0 Å². The minimum absolute atomic E-state index is 1.26. The number of rotatable bonds is 4. The van der Waals surface area contributed by atoms with Gasteiger partial charge in [-0.3, -0.25) is 0 Å². The summed E-state index contributed by atoms with van der Waals surface area (Å²) in [5, 5.41) is 0. The van der Waals surface area contributed by atoms with E-state index >= 15 is 0 Å². The molecule has 13 heavy (non-hydrogen) atoms. The van der Waals surface area contributed by atoms with Crippen molar-refractivity contribution in [3.05, 3.63) is 46.9 Å². The van der Waals surface area contributed by atoms with Crippen molar-refractivity contribution in [3.63, 3.8) is 0 Å². The lowest BCUT2D eigenvalue weighted by molar-refractivity contribution is 1.39. The summed E-state index contributed by atoms with van der Waals surface area (Å²) in [7, 11) is 0. The van der Waals surface area contributed by atoms with E-state index in [-0.39, 0.29) is 0 Å². The van der Waals surface area contributed by atoms with Crippen LogP contribution in [-0.4, -0.2) is 6.26 Å². The molecular formula is C12H18S. The number of thioether (sulfide) groups is 1. The molecule has 0 fully saturated rings. The van der Waals surface area contributed by atoms with Gasteiger partial charge in [0.05, 0.1) is 0 Å². The Morgan fingerprint density at radius 3 is 2.08 bits per heavy atom. The molecule has 0 heterocycles. The molecule has 0 saturated heterocycles. The fourth-order valence-corrected chi connectivity index (χ4v) is 1.46. The second kappa shape index (κ2) is 6.79. The van der Waals surface area contributed by atoms with Crippen LogP contribution in [0.5, 0.6) is 0 Å². The standard InChI is InChI=1S/C12H18S/c1-6-7-11(4)12(13-5)9-8-10(2)3/h6-9H,1H2,2-5H3/b11-7+,12-9-. The molecule has 0 spiro atoms. The SMILES string of the molecule is C=C/C=C(C)/C(=C/C=C(C)C)SC. The summed E-state index contributed by atoms with van der Waals surface area (Å²) in [5.41, 5.74) is 2.58. The molecule has 1 heteroatoms. The summed E-state index contributed by atoms with van der Waals surface area (Å²) < 4.78 is 0. The normalized spacial score (nSPS) is 12.6. The molecule has 0 aromatic carbocycles. The average Bonchev–Trinajstić information content (AvgIpc) is 2.05. The highest BCUT2D eigenvalue weighted by Crippen LogP contribution is 2.21. The van der Waals surface area contributed by atoms with E-state index in [2.05, 4.69) is 45.8 Å². The second-order valence-corrected chi connectivity index (χ2v) is 3.91. The fourth-order valence-electron chi connectivity index (χ4n) is 0.862. The zero-order chi connectivity index (χ0) is 10.3. The summed E-state index contributed by atoms with van der Waals surface area (Å²) in [5.74, 6) is 0. The van der Waals surface area contributed by atoms with Crippen LogP contribution in [0.15, 0.2) is 46.9 Å². The molecule has 0 aliphatic heterocycles. The highest BCUT2D eigenvalue weighted by atomic mass is 32.2. The quantitative estimate of drug-likeness (QED) is 0.600. The van der Waals surface area contributed by atoms with Gasteiger partial charge in [0.1, 0.15) is 0 Å². The Balaban J connectivity index is 4.69. The molecule has 0 saturated carbocycles. The minimum atomic E-state index is 1.26. The molecule has 0 unspecified atom stereocenters. The van der Waals surface area contributed by atoms with Crippen LogP contribution in [0.25, 0.3) is 0 Å². The maximum Gasteiger partial charge on any atom is 0.00983 e. The summed E-state index contributed by atoms with van der Waals surface area (Å²) >= 11 is 1.76. The molecule has 0 radical (unpaired) electrons. The summed E-state index contributed by atoms with van der Waals surface area (Å²) in [6.45, 7) is 9.98. The van der Waals surface area contributed by atoms with Crippen molar-refractivity contribution in [2.24, 2.45) is 0 Å². The molecule has 0 nitrogen and oxygen atoms in total. The molecule has 0 aromatic heterocycles. The van der Waals surface area contributed by atoms with Crippen molar-refractivity contribution in [1.29, 1.82) is 0 Å². The first-order valence-electron chi connectivity index (χ1n) is 4.30. The summed E-state index contributed by atoms with van der Waals surface area (Å²) in [4.78, 5) is 1.29. The van der Waals surface area contributed by atoms with Gasteiger partial charge in [0.25, 0.3) is 0 Å². The predicted octanol–water partition coefficient (Wildman–Crippen LogP) is 4.33. The van der Waals surface area contributed by atoms with E-state index in [4.69, 9.17) is 0 Å². The van der Waals surface area contributed by atoms with E-state index in [1.807, 2.05) is 12.2 Å². The molecule has 0 aliphatic rings. The molecule has 0 amide bonds. The van der Waals surface area contributed by atoms with Crippen molar-refractivity contribution in [2.75, 3.05) is 6.26 Å². The monoisotopic (exact) mass is 194 g/mol. The van der Waals surface area contributed by atoms with Gasteiger partial charge in [-0.15, -0.1) is 11.8 Å². The lowest BCUT2D eigenvalue weighted by Gasteiger charge is -2.01. The van der Waals surface area contributed by atoms with Crippen LogP contribution in [0.2, 0.25) is 0 Å². The number of allylic oxidation sites excluding steroid dienone is 6. The third-order valence-electron chi connectivity index (χ3n) is 1.54. The molecule has 0 bridgehead atoms. The van der Waals surface area contributed by atoms with Crippen molar-refractivity contribution in [3.8, 4) is 0 Å². The Bertz CT molecular complexity index is 250. The van der Waals surface area contributed by atoms with Gasteiger partial charge in [-0.1, -0.05) is 30.4 Å². The van der Waals surface area contributed by atoms with Crippen LogP contribution in [0.3, 0.4) is 0 Å². The van der Waals surface area contributed by atoms with Gasteiger partial charge in [0.2, 0.25) is 0 Å². The largest absolute Gasteiger partial charge is 0.129 e. The highest BCUT2D eigenvalue weighted by molar-refractivity contribution is 8.02. The van der Waals surface area contributed by atoms with E-state index < -0.39 is 0 Å². The van der Waals surface area contributed by atoms with Gasteiger partial charge in [0, 0.05) is 4.91 Å². The first kappa shape index (κ1) is 12.3. The maximum absolute atomic E-state index is 3.68. The van der Waals surface area contributed by atoms with Gasteiger partial charge < -0.3 is 0 Å². The van der Waals surface area contributed by atoms with Gasteiger partial charge in [0.15, 0.2) is 0 Å². The molecule has 0 aromatic rings. The Morgan fingerprint density at radius 1 is 1.08 bits per heavy atom. The molecular weight excluding hydrogens is 176 g/mol. The van der Waals surface area contributed by atoms with Gasteiger partial charge >= 0.3 is 0 Å². The fraction of sp³-hybridized carbons (Fsp3) is 0.333.